The number of rotatable bonds is 3. The number of nitrogens with one attached hydrogen (secondary N) is 1. The molecule has 0 spiro atoms. The topological polar surface area (TPSA) is 21.3 Å². The van der Waals surface area contributed by atoms with E-state index < -0.39 is 0 Å². The lowest BCUT2D eigenvalue weighted by molar-refractivity contribution is 0.337. The molecule has 1 saturated heterocycles. The molecule has 1 aromatic rings. The zero-order valence-electron chi connectivity index (χ0n) is 12.1. The Bertz CT molecular complexity index is 497. The van der Waals surface area contributed by atoms with Crippen molar-refractivity contribution >= 4 is 0 Å². The van der Waals surface area contributed by atoms with Gasteiger partial charge in [-0.2, -0.15) is 0 Å². The van der Waals surface area contributed by atoms with Crippen LogP contribution in [0.1, 0.15) is 26.2 Å². The Hall–Kier alpha value is -1.54. The van der Waals surface area contributed by atoms with Crippen molar-refractivity contribution in [2.45, 2.75) is 26.2 Å². The molecule has 0 radical (unpaired) electrons. The molecule has 1 heterocycles. The number of benzene rings is 1. The summed E-state index contributed by atoms with van der Waals surface area (Å²) < 4.78 is 6.00. The number of ether oxygens (including phenoxy) is 1. The maximum atomic E-state index is 6.00. The van der Waals surface area contributed by atoms with Gasteiger partial charge in [0, 0.05) is 12.5 Å². The summed E-state index contributed by atoms with van der Waals surface area (Å²) in [5, 5.41) is 3.51. The summed E-state index contributed by atoms with van der Waals surface area (Å²) in [5.41, 5.74) is 1.59. The standard InChI is InChI=1S/C18H23NO/c1-14-12-15(16-6-5-11-19-13-16)9-10-18(14)20-17-7-3-2-4-8-17/h2-4,7-10,14,16,19H,5-6,11-13H2,1H3. The fourth-order valence-corrected chi connectivity index (χ4v) is 3.11. The molecule has 3 rings (SSSR count). The predicted octanol–water partition coefficient (Wildman–Crippen LogP) is 3.92. The van der Waals surface area contributed by atoms with Gasteiger partial charge in [0.2, 0.25) is 0 Å². The first-order chi connectivity index (χ1) is 9.83. The van der Waals surface area contributed by atoms with Crippen molar-refractivity contribution < 1.29 is 4.74 Å². The Morgan fingerprint density at radius 1 is 1.15 bits per heavy atom. The monoisotopic (exact) mass is 269 g/mol. The number of hydrogen-bond donors (Lipinski definition) is 1. The second kappa shape index (κ2) is 6.27. The van der Waals surface area contributed by atoms with Crippen LogP contribution in [0.25, 0.3) is 0 Å². The number of piperidine rings is 1. The first-order valence-electron chi connectivity index (χ1n) is 7.67. The molecule has 20 heavy (non-hydrogen) atoms. The third-order valence-corrected chi connectivity index (χ3v) is 4.29. The first kappa shape index (κ1) is 13.4. The van der Waals surface area contributed by atoms with Crippen LogP contribution in [0.15, 0.2) is 53.8 Å². The average Bonchev–Trinajstić information content (AvgIpc) is 2.51. The van der Waals surface area contributed by atoms with E-state index in [1.165, 1.54) is 19.4 Å². The van der Waals surface area contributed by atoms with Crippen molar-refractivity contribution in [3.8, 4) is 5.75 Å². The minimum Gasteiger partial charge on any atom is -0.461 e. The van der Waals surface area contributed by atoms with Crippen molar-refractivity contribution in [2.24, 2.45) is 11.8 Å². The Labute approximate surface area is 121 Å². The average molecular weight is 269 g/mol. The van der Waals surface area contributed by atoms with E-state index >= 15 is 0 Å². The molecule has 2 atom stereocenters. The van der Waals surface area contributed by atoms with Gasteiger partial charge in [-0.1, -0.05) is 36.8 Å². The SMILES string of the molecule is CC1CC(C2CCCNC2)=CC=C1Oc1ccccc1. The molecule has 1 N–H and O–H groups in total. The first-order valence-corrected chi connectivity index (χ1v) is 7.67. The minimum atomic E-state index is 0.470. The molecule has 0 saturated carbocycles. The van der Waals surface area contributed by atoms with Crippen molar-refractivity contribution in [3.05, 3.63) is 53.8 Å². The Kier molecular flexibility index (Phi) is 4.22. The summed E-state index contributed by atoms with van der Waals surface area (Å²) in [7, 11) is 0. The lowest BCUT2D eigenvalue weighted by Crippen LogP contribution is -2.31. The molecule has 0 bridgehead atoms. The van der Waals surface area contributed by atoms with Gasteiger partial charge < -0.3 is 10.1 Å². The molecule has 1 fully saturated rings. The Morgan fingerprint density at radius 2 is 2.00 bits per heavy atom. The normalized spacial score (nSPS) is 26.6. The number of allylic oxidation sites excluding steroid dienone is 3. The van der Waals surface area contributed by atoms with E-state index in [9.17, 15) is 0 Å². The van der Waals surface area contributed by atoms with Crippen molar-refractivity contribution in [1.29, 1.82) is 0 Å². The maximum absolute atomic E-state index is 6.00. The van der Waals surface area contributed by atoms with Crippen LogP contribution in [0.2, 0.25) is 0 Å². The number of hydrogen-bond acceptors (Lipinski definition) is 2. The summed E-state index contributed by atoms with van der Waals surface area (Å²) in [6, 6.07) is 10.1. The molecule has 2 unspecified atom stereocenters. The highest BCUT2D eigenvalue weighted by Gasteiger charge is 2.23. The van der Waals surface area contributed by atoms with Crippen molar-refractivity contribution in [2.75, 3.05) is 13.1 Å². The minimum absolute atomic E-state index is 0.470. The molecule has 106 valence electrons. The van der Waals surface area contributed by atoms with E-state index in [0.717, 1.165) is 30.4 Å². The highest BCUT2D eigenvalue weighted by Crippen LogP contribution is 2.33. The second-order valence-electron chi connectivity index (χ2n) is 5.87. The Balaban J connectivity index is 1.70. The van der Waals surface area contributed by atoms with E-state index in [4.69, 9.17) is 4.74 Å². The molecule has 1 aliphatic carbocycles. The Morgan fingerprint density at radius 3 is 2.70 bits per heavy atom. The smallest absolute Gasteiger partial charge is 0.126 e. The molecule has 2 nitrogen and oxygen atoms in total. The lowest BCUT2D eigenvalue weighted by atomic mass is 9.83. The van der Waals surface area contributed by atoms with E-state index in [1.54, 1.807) is 5.57 Å². The van der Waals surface area contributed by atoms with Crippen LogP contribution in [0, 0.1) is 11.8 Å². The van der Waals surface area contributed by atoms with Gasteiger partial charge in [0.25, 0.3) is 0 Å². The third kappa shape index (κ3) is 3.13. The van der Waals surface area contributed by atoms with Crippen molar-refractivity contribution in [1.82, 2.24) is 5.32 Å². The predicted molar refractivity (Wildman–Crippen MR) is 82.6 cm³/mol. The van der Waals surface area contributed by atoms with Crippen LogP contribution in [0.3, 0.4) is 0 Å². The van der Waals surface area contributed by atoms with E-state index in [0.29, 0.717) is 5.92 Å². The largest absolute Gasteiger partial charge is 0.461 e. The van der Waals surface area contributed by atoms with Crippen molar-refractivity contribution in [3.63, 3.8) is 0 Å². The van der Waals surface area contributed by atoms with Crippen LogP contribution < -0.4 is 10.1 Å². The second-order valence-corrected chi connectivity index (χ2v) is 5.87. The molecule has 1 aliphatic heterocycles. The van der Waals surface area contributed by atoms with Crippen LogP contribution in [-0.2, 0) is 0 Å². The van der Waals surface area contributed by atoms with Crippen LogP contribution in [0.5, 0.6) is 5.75 Å². The quantitative estimate of drug-likeness (QED) is 0.898. The molecular weight excluding hydrogens is 246 g/mol. The summed E-state index contributed by atoms with van der Waals surface area (Å²) in [5.74, 6) is 3.21. The van der Waals surface area contributed by atoms with Gasteiger partial charge in [0.05, 0.1) is 0 Å². The number of para-hydroxylation sites is 1. The summed E-state index contributed by atoms with van der Waals surface area (Å²) in [4.78, 5) is 0. The van der Waals surface area contributed by atoms with Gasteiger partial charge in [-0.3, -0.25) is 0 Å². The van der Waals surface area contributed by atoms with E-state index in [-0.39, 0.29) is 0 Å². The van der Waals surface area contributed by atoms with Crippen LogP contribution in [-0.4, -0.2) is 13.1 Å². The van der Waals surface area contributed by atoms with Crippen LogP contribution >= 0.6 is 0 Å². The van der Waals surface area contributed by atoms with Crippen LogP contribution in [0.4, 0.5) is 0 Å². The maximum Gasteiger partial charge on any atom is 0.126 e. The zero-order valence-corrected chi connectivity index (χ0v) is 12.1. The molecule has 0 amide bonds. The molecule has 0 aromatic heterocycles. The summed E-state index contributed by atoms with van der Waals surface area (Å²) >= 11 is 0. The zero-order chi connectivity index (χ0) is 13.8. The molecule has 1 aromatic carbocycles. The van der Waals surface area contributed by atoms with E-state index in [2.05, 4.69) is 24.4 Å². The highest BCUT2D eigenvalue weighted by atomic mass is 16.5. The highest BCUT2D eigenvalue weighted by molar-refractivity contribution is 5.30. The van der Waals surface area contributed by atoms with Gasteiger partial charge in [0.15, 0.2) is 0 Å². The fourth-order valence-electron chi connectivity index (χ4n) is 3.11. The molecular formula is C18H23NO. The van der Waals surface area contributed by atoms with Gasteiger partial charge in [-0.15, -0.1) is 0 Å². The molecule has 2 aliphatic rings. The van der Waals surface area contributed by atoms with E-state index in [1.807, 2.05) is 30.3 Å². The summed E-state index contributed by atoms with van der Waals surface area (Å²) in [6.45, 7) is 4.58. The van der Waals surface area contributed by atoms with Gasteiger partial charge >= 0.3 is 0 Å². The summed E-state index contributed by atoms with van der Waals surface area (Å²) in [6.07, 6.45) is 8.22. The lowest BCUT2D eigenvalue weighted by Gasteiger charge is -2.29. The van der Waals surface area contributed by atoms with Gasteiger partial charge in [-0.25, -0.2) is 0 Å². The molecule has 2 heteroatoms. The fraction of sp³-hybridized carbons (Fsp3) is 0.444. The van der Waals surface area contributed by atoms with Gasteiger partial charge in [-0.05, 0) is 49.9 Å². The van der Waals surface area contributed by atoms with Gasteiger partial charge in [0.1, 0.15) is 11.5 Å². The third-order valence-electron chi connectivity index (χ3n) is 4.29.